The Morgan fingerprint density at radius 1 is 0.667 bits per heavy atom. The second-order valence-electron chi connectivity index (χ2n) is 8.66. The maximum Gasteiger partial charge on any atom is 0.203 e. The van der Waals surface area contributed by atoms with Crippen molar-refractivity contribution in [3.63, 3.8) is 0 Å². The zero-order valence-corrected chi connectivity index (χ0v) is 28.5. The highest BCUT2D eigenvalue weighted by Crippen LogP contribution is 2.40. The molecule has 238 valence electrons. The summed E-state index contributed by atoms with van der Waals surface area (Å²) in [7, 11) is 9.23. The van der Waals surface area contributed by atoms with Gasteiger partial charge in [-0.1, -0.05) is 39.1 Å². The highest BCUT2D eigenvalue weighted by molar-refractivity contribution is 9.10. The normalized spacial score (nSPS) is 9.69. The Labute approximate surface area is 280 Å². The van der Waals surface area contributed by atoms with Crippen molar-refractivity contribution in [3.8, 4) is 40.6 Å². The highest BCUT2D eigenvalue weighted by Gasteiger charge is 2.19. The molecular weight excluding hydrogens is 689 g/mol. The van der Waals surface area contributed by atoms with Gasteiger partial charge >= 0.3 is 0 Å². The molecular formula is C32H32BrCl2N3O7. The number of ketones is 1. The lowest BCUT2D eigenvalue weighted by Crippen LogP contribution is -2.07. The predicted octanol–water partition coefficient (Wildman–Crippen LogP) is 7.45. The Morgan fingerprint density at radius 2 is 1.09 bits per heavy atom. The van der Waals surface area contributed by atoms with Crippen LogP contribution in [0.3, 0.4) is 0 Å². The Morgan fingerprint density at radius 3 is 1.47 bits per heavy atom. The Balaban J connectivity index is 0.000000259. The fourth-order valence-corrected chi connectivity index (χ4v) is 4.57. The standard InChI is InChI=1S/C16H16ClNO4.C9H11BrO3.C7H5ClN2/c1-20-13-6-9(7-14(21-2)16(13)22-3)15(19)11-5-4-10(17)8-12(11)18;1-11-7-4-6(10)5-8(12-2)9(7)13-3;8-6-2-1-5(4-9)7(10)3-6/h4-8H,18H2,1-3H3;4-5H,1-3H3;1-3H,10H2. The lowest BCUT2D eigenvalue weighted by Gasteiger charge is -2.14. The van der Waals surface area contributed by atoms with E-state index in [0.29, 0.717) is 72.6 Å². The van der Waals surface area contributed by atoms with Gasteiger partial charge in [-0.15, -0.1) is 0 Å². The van der Waals surface area contributed by atoms with E-state index in [-0.39, 0.29) is 5.78 Å². The third-order valence-electron chi connectivity index (χ3n) is 5.95. The van der Waals surface area contributed by atoms with Gasteiger partial charge in [-0.25, -0.2) is 0 Å². The molecule has 0 radical (unpaired) electrons. The number of rotatable bonds is 8. The summed E-state index contributed by atoms with van der Waals surface area (Å²) in [5.74, 6) is 2.87. The van der Waals surface area contributed by atoms with Crippen molar-refractivity contribution in [1.29, 1.82) is 5.26 Å². The Bertz CT molecular complexity index is 1630. The largest absolute Gasteiger partial charge is 0.493 e. The second-order valence-corrected chi connectivity index (χ2v) is 10.5. The van der Waals surface area contributed by atoms with E-state index in [2.05, 4.69) is 15.9 Å². The summed E-state index contributed by atoms with van der Waals surface area (Å²) in [4.78, 5) is 12.6. The number of hydrogen-bond donors (Lipinski definition) is 2. The van der Waals surface area contributed by atoms with Crippen molar-refractivity contribution >= 4 is 56.3 Å². The molecule has 0 amide bonds. The summed E-state index contributed by atoms with van der Waals surface area (Å²) < 4.78 is 32.0. The van der Waals surface area contributed by atoms with Gasteiger partial charge in [0.2, 0.25) is 11.5 Å². The molecule has 0 saturated carbocycles. The van der Waals surface area contributed by atoms with Crippen LogP contribution in [0.15, 0.2) is 65.1 Å². The molecule has 0 saturated heterocycles. The molecule has 45 heavy (non-hydrogen) atoms. The molecule has 13 heteroatoms. The number of anilines is 2. The van der Waals surface area contributed by atoms with E-state index < -0.39 is 0 Å². The SMILES string of the molecule is COc1cc(Br)cc(OC)c1OC.COc1cc(C(=O)c2ccc(Cl)cc2N)cc(OC)c1OC.N#Cc1ccc(Cl)cc1N. The van der Waals surface area contributed by atoms with E-state index in [0.717, 1.165) is 4.47 Å². The second kappa shape index (κ2) is 17.7. The number of hydrogen-bond acceptors (Lipinski definition) is 10. The lowest BCUT2D eigenvalue weighted by atomic mass is 10.0. The summed E-state index contributed by atoms with van der Waals surface area (Å²) in [6.45, 7) is 0. The number of carbonyl (C=O) groups excluding carboxylic acids is 1. The number of methoxy groups -OCH3 is 6. The molecule has 10 nitrogen and oxygen atoms in total. The molecule has 0 spiro atoms. The first-order valence-electron chi connectivity index (χ1n) is 12.8. The molecule has 0 aliphatic carbocycles. The number of halogens is 3. The van der Waals surface area contributed by atoms with Crippen molar-refractivity contribution in [2.75, 3.05) is 54.1 Å². The van der Waals surface area contributed by atoms with Crippen LogP contribution in [-0.4, -0.2) is 48.4 Å². The van der Waals surface area contributed by atoms with Crippen LogP contribution in [0.2, 0.25) is 10.0 Å². The first kappa shape index (κ1) is 36.7. The van der Waals surface area contributed by atoms with Crippen molar-refractivity contribution < 1.29 is 33.2 Å². The summed E-state index contributed by atoms with van der Waals surface area (Å²) in [5.41, 5.74) is 13.2. The number of nitriles is 1. The summed E-state index contributed by atoms with van der Waals surface area (Å²) in [6, 6.07) is 18.3. The summed E-state index contributed by atoms with van der Waals surface area (Å²) >= 11 is 14.8. The maximum atomic E-state index is 12.6. The van der Waals surface area contributed by atoms with Gasteiger partial charge < -0.3 is 39.9 Å². The molecule has 4 rings (SSSR count). The van der Waals surface area contributed by atoms with Crippen LogP contribution in [0, 0.1) is 11.3 Å². The number of nitrogens with two attached hydrogens (primary N) is 2. The topological polar surface area (TPSA) is 148 Å². The minimum Gasteiger partial charge on any atom is -0.493 e. The summed E-state index contributed by atoms with van der Waals surface area (Å²) in [6.07, 6.45) is 0. The highest BCUT2D eigenvalue weighted by atomic mass is 79.9. The minimum absolute atomic E-state index is 0.256. The maximum absolute atomic E-state index is 12.6. The molecule has 0 atom stereocenters. The smallest absolute Gasteiger partial charge is 0.203 e. The van der Waals surface area contributed by atoms with Crippen molar-refractivity contribution in [3.05, 3.63) is 91.9 Å². The molecule has 0 aliphatic rings. The van der Waals surface area contributed by atoms with E-state index >= 15 is 0 Å². The lowest BCUT2D eigenvalue weighted by molar-refractivity contribution is 0.103. The van der Waals surface area contributed by atoms with Gasteiger partial charge in [0.15, 0.2) is 28.8 Å². The minimum atomic E-state index is -0.256. The molecule has 4 N–H and O–H groups in total. The van der Waals surface area contributed by atoms with Crippen LogP contribution < -0.4 is 39.9 Å². The zero-order chi connectivity index (χ0) is 33.7. The van der Waals surface area contributed by atoms with Crippen LogP contribution in [0.1, 0.15) is 21.5 Å². The van der Waals surface area contributed by atoms with Gasteiger partial charge in [0.05, 0.1) is 53.9 Å². The number of nitrogen functional groups attached to an aromatic ring is 2. The molecule has 0 unspecified atom stereocenters. The van der Waals surface area contributed by atoms with Gasteiger partial charge in [0.1, 0.15) is 6.07 Å². The van der Waals surface area contributed by atoms with Gasteiger partial charge in [0.25, 0.3) is 0 Å². The van der Waals surface area contributed by atoms with E-state index in [9.17, 15) is 4.79 Å². The van der Waals surface area contributed by atoms with Crippen molar-refractivity contribution in [2.45, 2.75) is 0 Å². The molecule has 0 fully saturated rings. The number of nitrogens with zero attached hydrogens (tertiary/aromatic N) is 1. The summed E-state index contributed by atoms with van der Waals surface area (Å²) in [5, 5.41) is 9.46. The number of ether oxygens (including phenoxy) is 6. The van der Waals surface area contributed by atoms with Gasteiger partial charge in [-0.2, -0.15) is 5.26 Å². The molecule has 0 aromatic heterocycles. The van der Waals surface area contributed by atoms with Crippen LogP contribution in [-0.2, 0) is 0 Å². The molecule has 4 aromatic rings. The van der Waals surface area contributed by atoms with E-state index in [1.165, 1.54) is 27.4 Å². The van der Waals surface area contributed by atoms with Gasteiger partial charge in [0, 0.05) is 31.3 Å². The monoisotopic (exact) mass is 719 g/mol. The molecule has 0 bridgehead atoms. The van der Waals surface area contributed by atoms with Crippen LogP contribution in [0.4, 0.5) is 11.4 Å². The van der Waals surface area contributed by atoms with E-state index in [1.54, 1.807) is 63.8 Å². The van der Waals surface area contributed by atoms with E-state index in [4.69, 9.17) is 68.4 Å². The molecule has 0 heterocycles. The average molecular weight is 721 g/mol. The molecule has 0 aliphatic heterocycles. The Kier molecular flexibility index (Phi) is 14.4. The molecule has 4 aromatic carbocycles. The zero-order valence-electron chi connectivity index (χ0n) is 25.4. The van der Waals surface area contributed by atoms with Crippen LogP contribution >= 0.6 is 39.1 Å². The van der Waals surface area contributed by atoms with Gasteiger partial charge in [-0.05, 0) is 60.7 Å². The fourth-order valence-electron chi connectivity index (χ4n) is 3.79. The first-order chi connectivity index (χ1) is 21.5. The number of carbonyl (C=O) groups is 1. The predicted molar refractivity (Wildman–Crippen MR) is 180 cm³/mol. The third kappa shape index (κ3) is 9.74. The average Bonchev–Trinajstić information content (AvgIpc) is 3.03. The Hall–Kier alpha value is -4.50. The van der Waals surface area contributed by atoms with E-state index in [1.807, 2.05) is 18.2 Å². The van der Waals surface area contributed by atoms with Gasteiger partial charge in [-0.3, -0.25) is 4.79 Å². The quantitative estimate of drug-likeness (QED) is 0.139. The first-order valence-corrected chi connectivity index (χ1v) is 14.3. The van der Waals surface area contributed by atoms with Crippen molar-refractivity contribution in [1.82, 2.24) is 0 Å². The third-order valence-corrected chi connectivity index (χ3v) is 6.88. The van der Waals surface area contributed by atoms with Crippen LogP contribution in [0.25, 0.3) is 0 Å². The number of benzene rings is 4. The van der Waals surface area contributed by atoms with Crippen LogP contribution in [0.5, 0.6) is 34.5 Å². The fraction of sp³-hybridized carbons (Fsp3) is 0.188. The van der Waals surface area contributed by atoms with Crippen molar-refractivity contribution in [2.24, 2.45) is 0 Å².